The van der Waals surface area contributed by atoms with Crippen LogP contribution in [0.4, 0.5) is 0 Å². The molecule has 3 rings (SSSR count). The van der Waals surface area contributed by atoms with Gasteiger partial charge in [-0.3, -0.25) is 4.68 Å². The molecule has 5 nitrogen and oxygen atoms in total. The molecule has 2 aromatic rings. The molecular formula is C15H19N3O2. The summed E-state index contributed by atoms with van der Waals surface area (Å²) in [6, 6.07) is 5.71. The van der Waals surface area contributed by atoms with Crippen LogP contribution in [0.1, 0.15) is 35.4 Å². The van der Waals surface area contributed by atoms with E-state index in [4.69, 9.17) is 15.2 Å². The van der Waals surface area contributed by atoms with Crippen LogP contribution in [-0.2, 0) is 7.05 Å². The van der Waals surface area contributed by atoms with Crippen LogP contribution in [0.5, 0.6) is 11.5 Å². The van der Waals surface area contributed by atoms with Gasteiger partial charge in [-0.05, 0) is 25.1 Å². The highest BCUT2D eigenvalue weighted by atomic mass is 16.5. The number of nitrogens with two attached hydrogens (primary N) is 1. The summed E-state index contributed by atoms with van der Waals surface area (Å²) in [5.74, 6) is 1.64. The smallest absolute Gasteiger partial charge is 0.129 e. The molecule has 2 unspecified atom stereocenters. The predicted molar refractivity (Wildman–Crippen MR) is 75.9 cm³/mol. The number of ether oxygens (including phenoxy) is 2. The highest BCUT2D eigenvalue weighted by Crippen LogP contribution is 2.41. The highest BCUT2D eigenvalue weighted by molar-refractivity contribution is 5.44. The zero-order chi connectivity index (χ0) is 14.3. The molecule has 2 N–H and O–H groups in total. The second kappa shape index (κ2) is 4.83. The Balaban J connectivity index is 1.95. The van der Waals surface area contributed by atoms with Crippen LogP contribution >= 0.6 is 0 Å². The minimum absolute atomic E-state index is 0.0420. The van der Waals surface area contributed by atoms with E-state index in [0.717, 1.165) is 34.7 Å². The van der Waals surface area contributed by atoms with E-state index >= 15 is 0 Å². The van der Waals surface area contributed by atoms with Crippen molar-refractivity contribution in [2.45, 2.75) is 25.5 Å². The molecule has 0 amide bonds. The topological polar surface area (TPSA) is 62.3 Å². The van der Waals surface area contributed by atoms with Crippen LogP contribution in [0.25, 0.3) is 0 Å². The Morgan fingerprint density at radius 3 is 2.85 bits per heavy atom. The maximum atomic E-state index is 6.29. The van der Waals surface area contributed by atoms with Crippen LogP contribution in [-0.4, -0.2) is 16.9 Å². The summed E-state index contributed by atoms with van der Waals surface area (Å²) in [6.45, 7) is 2.04. The van der Waals surface area contributed by atoms with Gasteiger partial charge in [0.1, 0.15) is 17.6 Å². The molecule has 5 heteroatoms. The lowest BCUT2D eigenvalue weighted by Gasteiger charge is -2.30. The molecule has 0 bridgehead atoms. The van der Waals surface area contributed by atoms with E-state index in [1.807, 2.05) is 43.0 Å². The van der Waals surface area contributed by atoms with Gasteiger partial charge in [-0.1, -0.05) is 0 Å². The van der Waals surface area contributed by atoms with Gasteiger partial charge >= 0.3 is 0 Å². The van der Waals surface area contributed by atoms with Crippen molar-refractivity contribution in [3.63, 3.8) is 0 Å². The Morgan fingerprint density at radius 2 is 2.20 bits per heavy atom. The molecule has 1 aliphatic rings. The molecule has 20 heavy (non-hydrogen) atoms. The van der Waals surface area contributed by atoms with Crippen molar-refractivity contribution in [3.05, 3.63) is 41.2 Å². The van der Waals surface area contributed by atoms with E-state index in [1.165, 1.54) is 0 Å². The first-order valence-corrected chi connectivity index (χ1v) is 6.69. The fourth-order valence-electron chi connectivity index (χ4n) is 2.63. The molecule has 1 aromatic carbocycles. The van der Waals surface area contributed by atoms with E-state index in [0.29, 0.717) is 0 Å². The van der Waals surface area contributed by atoms with Crippen LogP contribution in [0.15, 0.2) is 24.4 Å². The Kier molecular flexibility index (Phi) is 3.14. The number of aryl methyl sites for hydroxylation is 1. The first-order chi connectivity index (χ1) is 9.60. The minimum atomic E-state index is -0.0570. The van der Waals surface area contributed by atoms with Crippen molar-refractivity contribution in [2.24, 2.45) is 12.8 Å². The van der Waals surface area contributed by atoms with Crippen molar-refractivity contribution >= 4 is 0 Å². The van der Waals surface area contributed by atoms with Gasteiger partial charge in [0.05, 0.1) is 13.3 Å². The first kappa shape index (κ1) is 13.0. The molecule has 0 spiro atoms. The molecule has 106 valence electrons. The molecule has 1 aliphatic heterocycles. The van der Waals surface area contributed by atoms with Gasteiger partial charge in [-0.2, -0.15) is 5.10 Å². The van der Waals surface area contributed by atoms with Crippen LogP contribution in [0.2, 0.25) is 0 Å². The Hall–Kier alpha value is -2.01. The fraction of sp³-hybridized carbons (Fsp3) is 0.400. The van der Waals surface area contributed by atoms with Gasteiger partial charge in [0, 0.05) is 36.3 Å². The average Bonchev–Trinajstić information content (AvgIpc) is 2.78. The molecule has 2 atom stereocenters. The molecule has 0 saturated heterocycles. The number of hydrogen-bond donors (Lipinski definition) is 1. The molecule has 0 radical (unpaired) electrons. The Morgan fingerprint density at radius 1 is 1.40 bits per heavy atom. The average molecular weight is 273 g/mol. The van der Waals surface area contributed by atoms with Crippen LogP contribution in [0, 0.1) is 6.92 Å². The number of methoxy groups -OCH3 is 1. The number of hydrogen-bond acceptors (Lipinski definition) is 4. The van der Waals surface area contributed by atoms with Crippen molar-refractivity contribution in [3.8, 4) is 11.5 Å². The standard InChI is InChI=1S/C15H19N3O2/c1-9-12(8-17-18(9)2)15-7-13(16)11-6-10(19-3)4-5-14(11)20-15/h4-6,8,13,15H,7,16H2,1-3H3. The van der Waals surface area contributed by atoms with Gasteiger partial charge in [0.15, 0.2) is 0 Å². The van der Waals surface area contributed by atoms with Crippen molar-refractivity contribution in [1.82, 2.24) is 9.78 Å². The molecular weight excluding hydrogens is 254 g/mol. The van der Waals surface area contributed by atoms with E-state index in [1.54, 1.807) is 7.11 Å². The van der Waals surface area contributed by atoms with Crippen LogP contribution < -0.4 is 15.2 Å². The summed E-state index contributed by atoms with van der Waals surface area (Å²) in [7, 11) is 3.58. The van der Waals surface area contributed by atoms with E-state index in [2.05, 4.69) is 5.10 Å². The lowest BCUT2D eigenvalue weighted by atomic mass is 9.94. The van der Waals surface area contributed by atoms with Gasteiger partial charge in [-0.25, -0.2) is 0 Å². The lowest BCUT2D eigenvalue weighted by molar-refractivity contribution is 0.160. The quantitative estimate of drug-likeness (QED) is 0.911. The zero-order valence-electron chi connectivity index (χ0n) is 12.0. The number of aromatic nitrogens is 2. The molecule has 2 heterocycles. The number of rotatable bonds is 2. The lowest BCUT2D eigenvalue weighted by Crippen LogP contribution is -2.24. The highest BCUT2D eigenvalue weighted by Gasteiger charge is 2.29. The van der Waals surface area contributed by atoms with E-state index < -0.39 is 0 Å². The number of benzene rings is 1. The van der Waals surface area contributed by atoms with E-state index in [9.17, 15) is 0 Å². The molecule has 0 fully saturated rings. The molecule has 1 aromatic heterocycles. The summed E-state index contributed by atoms with van der Waals surface area (Å²) in [5.41, 5.74) is 9.51. The molecule has 0 aliphatic carbocycles. The van der Waals surface area contributed by atoms with Gasteiger partial charge < -0.3 is 15.2 Å². The largest absolute Gasteiger partial charge is 0.497 e. The fourth-order valence-corrected chi connectivity index (χ4v) is 2.63. The zero-order valence-corrected chi connectivity index (χ0v) is 12.0. The second-order valence-corrected chi connectivity index (χ2v) is 5.16. The van der Waals surface area contributed by atoms with Crippen molar-refractivity contribution in [2.75, 3.05) is 7.11 Å². The summed E-state index contributed by atoms with van der Waals surface area (Å²) >= 11 is 0. The van der Waals surface area contributed by atoms with Gasteiger partial charge in [0.2, 0.25) is 0 Å². The molecule has 0 saturated carbocycles. The van der Waals surface area contributed by atoms with Crippen molar-refractivity contribution in [1.29, 1.82) is 0 Å². The maximum absolute atomic E-state index is 6.29. The maximum Gasteiger partial charge on any atom is 0.129 e. The SMILES string of the molecule is COc1ccc2c(c1)C(N)CC(c1cnn(C)c1C)O2. The normalized spacial score (nSPS) is 21.2. The third-order valence-electron chi connectivity index (χ3n) is 3.97. The summed E-state index contributed by atoms with van der Waals surface area (Å²) < 4.78 is 13.2. The number of nitrogens with zero attached hydrogens (tertiary/aromatic N) is 2. The minimum Gasteiger partial charge on any atom is -0.497 e. The third kappa shape index (κ3) is 2.04. The summed E-state index contributed by atoms with van der Waals surface area (Å²) in [4.78, 5) is 0. The Bertz CT molecular complexity index is 636. The monoisotopic (exact) mass is 273 g/mol. The number of fused-ring (bicyclic) bond motifs is 1. The first-order valence-electron chi connectivity index (χ1n) is 6.69. The van der Waals surface area contributed by atoms with Crippen molar-refractivity contribution < 1.29 is 9.47 Å². The second-order valence-electron chi connectivity index (χ2n) is 5.16. The summed E-state index contributed by atoms with van der Waals surface area (Å²) in [5, 5.41) is 4.28. The third-order valence-corrected chi connectivity index (χ3v) is 3.97. The van der Waals surface area contributed by atoms with Gasteiger partial charge in [-0.15, -0.1) is 0 Å². The van der Waals surface area contributed by atoms with E-state index in [-0.39, 0.29) is 12.1 Å². The predicted octanol–water partition coefficient (Wildman–Crippen LogP) is 2.26. The van der Waals surface area contributed by atoms with Gasteiger partial charge in [0.25, 0.3) is 0 Å². The summed E-state index contributed by atoms with van der Waals surface area (Å²) in [6.07, 6.45) is 2.56. The Labute approximate surface area is 118 Å². The van der Waals surface area contributed by atoms with Crippen LogP contribution in [0.3, 0.4) is 0 Å².